The molecule has 0 aromatic heterocycles. The van der Waals surface area contributed by atoms with Crippen LogP contribution in [-0.4, -0.2) is 49.3 Å². The summed E-state index contributed by atoms with van der Waals surface area (Å²) in [5, 5.41) is 10.4. The number of ether oxygens (including phenoxy) is 2. The third kappa shape index (κ3) is 2.15. The van der Waals surface area contributed by atoms with Crippen molar-refractivity contribution >= 4 is 5.91 Å². The Morgan fingerprint density at radius 2 is 2.27 bits per heavy atom. The Kier molecular flexibility index (Phi) is 3.77. The number of hydrogen-bond acceptors (Lipinski definition) is 4. The number of benzene rings is 1. The summed E-state index contributed by atoms with van der Waals surface area (Å²) in [6.07, 6.45) is 1.85. The Hall–Kier alpha value is -1.75. The van der Waals surface area contributed by atoms with Gasteiger partial charge in [-0.15, -0.1) is 0 Å². The van der Waals surface area contributed by atoms with Gasteiger partial charge in [0.2, 0.25) is 5.91 Å². The van der Waals surface area contributed by atoms with E-state index in [1.807, 2.05) is 18.2 Å². The molecule has 120 valence electrons. The molecule has 1 aromatic carbocycles. The van der Waals surface area contributed by atoms with Crippen LogP contribution in [0, 0.1) is 0 Å². The molecule has 0 saturated heterocycles. The molecular formula is C17H23NO4. The van der Waals surface area contributed by atoms with Gasteiger partial charge in [0.15, 0.2) is 11.5 Å². The molecule has 1 fully saturated rings. The lowest BCUT2D eigenvalue weighted by Crippen LogP contribution is -2.51. The zero-order valence-corrected chi connectivity index (χ0v) is 13.3. The minimum Gasteiger partial charge on any atom is -0.493 e. The van der Waals surface area contributed by atoms with Crippen LogP contribution in [0.15, 0.2) is 18.2 Å². The molecule has 1 aliphatic carbocycles. The van der Waals surface area contributed by atoms with E-state index in [0.29, 0.717) is 24.3 Å². The molecule has 1 N–H and O–H groups in total. The van der Waals surface area contributed by atoms with Crippen LogP contribution < -0.4 is 9.47 Å². The highest BCUT2D eigenvalue weighted by Gasteiger charge is 2.55. The first-order chi connectivity index (χ1) is 10.5. The van der Waals surface area contributed by atoms with Crippen LogP contribution >= 0.6 is 0 Å². The topological polar surface area (TPSA) is 59.0 Å². The van der Waals surface area contributed by atoms with Gasteiger partial charge in [0, 0.05) is 31.5 Å². The first kappa shape index (κ1) is 15.2. The number of para-hydroxylation sites is 1. The molecule has 5 heteroatoms. The molecule has 0 bridgehead atoms. The number of nitrogens with zero attached hydrogens (tertiary/aromatic N) is 1. The van der Waals surface area contributed by atoms with Gasteiger partial charge in [-0.2, -0.15) is 0 Å². The standard InChI is InChI=1S/C17H23NO4/c1-18(2)14(20)10-17-9-5-7-12(19)16(17)22-15-11(17)6-4-8-13(15)21-3/h4,6,8,12,16,19H,5,7,9-10H2,1-3H3/t12-,16+,17-/m1/s1. The molecule has 1 amide bonds. The third-order valence-corrected chi connectivity index (χ3v) is 4.96. The molecule has 0 unspecified atom stereocenters. The fourth-order valence-corrected chi connectivity index (χ4v) is 3.80. The van der Waals surface area contributed by atoms with E-state index in [-0.39, 0.29) is 12.0 Å². The monoisotopic (exact) mass is 305 g/mol. The Morgan fingerprint density at radius 3 is 2.95 bits per heavy atom. The number of carbonyl (C=O) groups is 1. The fourth-order valence-electron chi connectivity index (χ4n) is 3.80. The zero-order valence-electron chi connectivity index (χ0n) is 13.3. The van der Waals surface area contributed by atoms with E-state index in [4.69, 9.17) is 9.47 Å². The molecule has 2 aliphatic rings. The highest BCUT2D eigenvalue weighted by atomic mass is 16.5. The third-order valence-electron chi connectivity index (χ3n) is 4.96. The fraction of sp³-hybridized carbons (Fsp3) is 0.588. The summed E-state index contributed by atoms with van der Waals surface area (Å²) in [6, 6.07) is 5.77. The van der Waals surface area contributed by atoms with Crippen LogP contribution in [0.5, 0.6) is 11.5 Å². The predicted molar refractivity (Wildman–Crippen MR) is 82.3 cm³/mol. The van der Waals surface area contributed by atoms with E-state index in [0.717, 1.165) is 18.4 Å². The minimum atomic E-state index is -0.555. The van der Waals surface area contributed by atoms with Gasteiger partial charge in [0.25, 0.3) is 0 Å². The van der Waals surface area contributed by atoms with Gasteiger partial charge in [-0.25, -0.2) is 0 Å². The molecule has 22 heavy (non-hydrogen) atoms. The average molecular weight is 305 g/mol. The van der Waals surface area contributed by atoms with Crippen molar-refractivity contribution in [3.63, 3.8) is 0 Å². The lowest BCUT2D eigenvalue weighted by atomic mass is 9.65. The van der Waals surface area contributed by atoms with E-state index >= 15 is 0 Å². The molecule has 1 heterocycles. The summed E-state index contributed by atoms with van der Waals surface area (Å²) in [7, 11) is 5.13. The maximum absolute atomic E-state index is 12.4. The van der Waals surface area contributed by atoms with E-state index in [1.54, 1.807) is 26.1 Å². The first-order valence-electron chi connectivity index (χ1n) is 7.72. The summed E-state index contributed by atoms with van der Waals surface area (Å²) >= 11 is 0. The maximum Gasteiger partial charge on any atom is 0.223 e. The summed E-state index contributed by atoms with van der Waals surface area (Å²) < 4.78 is 11.5. The van der Waals surface area contributed by atoms with Crippen molar-refractivity contribution in [3.8, 4) is 11.5 Å². The zero-order chi connectivity index (χ0) is 15.9. The van der Waals surface area contributed by atoms with Gasteiger partial charge in [0.1, 0.15) is 6.10 Å². The summed E-state index contributed by atoms with van der Waals surface area (Å²) in [6.45, 7) is 0. The molecule has 0 radical (unpaired) electrons. The Balaban J connectivity index is 2.09. The van der Waals surface area contributed by atoms with E-state index in [1.165, 1.54) is 0 Å². The van der Waals surface area contributed by atoms with Crippen LogP contribution in [0.1, 0.15) is 31.2 Å². The van der Waals surface area contributed by atoms with Gasteiger partial charge in [-0.3, -0.25) is 4.79 Å². The quantitative estimate of drug-likeness (QED) is 0.924. The molecule has 0 spiro atoms. The van der Waals surface area contributed by atoms with Crippen LogP contribution in [-0.2, 0) is 10.2 Å². The van der Waals surface area contributed by atoms with Crippen molar-refractivity contribution in [1.29, 1.82) is 0 Å². The van der Waals surface area contributed by atoms with Crippen LogP contribution in [0.3, 0.4) is 0 Å². The van der Waals surface area contributed by atoms with Crippen LogP contribution in [0.4, 0.5) is 0 Å². The van der Waals surface area contributed by atoms with Crippen molar-refractivity contribution in [2.24, 2.45) is 0 Å². The van der Waals surface area contributed by atoms with Gasteiger partial charge >= 0.3 is 0 Å². The summed E-state index contributed by atoms with van der Waals surface area (Å²) in [5.41, 5.74) is 0.536. The van der Waals surface area contributed by atoms with Crippen molar-refractivity contribution in [2.75, 3.05) is 21.2 Å². The van der Waals surface area contributed by atoms with E-state index < -0.39 is 11.5 Å². The largest absolute Gasteiger partial charge is 0.493 e. The number of amides is 1. The molecule has 5 nitrogen and oxygen atoms in total. The van der Waals surface area contributed by atoms with Crippen molar-refractivity contribution in [1.82, 2.24) is 4.90 Å². The van der Waals surface area contributed by atoms with Crippen LogP contribution in [0.2, 0.25) is 0 Å². The van der Waals surface area contributed by atoms with Crippen molar-refractivity contribution < 1.29 is 19.4 Å². The van der Waals surface area contributed by atoms with Gasteiger partial charge in [0.05, 0.1) is 13.2 Å². The Bertz CT molecular complexity index is 586. The lowest BCUT2D eigenvalue weighted by Gasteiger charge is -2.40. The average Bonchev–Trinajstić information content (AvgIpc) is 2.83. The molecule has 1 aromatic rings. The molecule has 1 aliphatic heterocycles. The summed E-state index contributed by atoms with van der Waals surface area (Å²) in [5.74, 6) is 1.40. The molecule has 3 atom stereocenters. The second-order valence-corrected chi connectivity index (χ2v) is 6.46. The molecular weight excluding hydrogens is 282 g/mol. The number of aliphatic hydroxyl groups is 1. The highest BCUT2D eigenvalue weighted by Crippen LogP contribution is 2.55. The smallest absolute Gasteiger partial charge is 0.223 e. The summed E-state index contributed by atoms with van der Waals surface area (Å²) in [4.78, 5) is 14.0. The van der Waals surface area contributed by atoms with Crippen LogP contribution in [0.25, 0.3) is 0 Å². The van der Waals surface area contributed by atoms with Gasteiger partial charge < -0.3 is 19.5 Å². The van der Waals surface area contributed by atoms with E-state index in [2.05, 4.69) is 0 Å². The first-order valence-corrected chi connectivity index (χ1v) is 7.72. The number of rotatable bonds is 3. The predicted octanol–water partition coefficient (Wildman–Crippen LogP) is 1.72. The molecule has 1 saturated carbocycles. The van der Waals surface area contributed by atoms with Gasteiger partial charge in [-0.1, -0.05) is 12.1 Å². The second-order valence-electron chi connectivity index (χ2n) is 6.46. The Labute approximate surface area is 130 Å². The minimum absolute atomic E-state index is 0.0540. The second kappa shape index (κ2) is 5.47. The molecule has 3 rings (SSSR count). The van der Waals surface area contributed by atoms with Gasteiger partial charge in [-0.05, 0) is 25.3 Å². The lowest BCUT2D eigenvalue weighted by molar-refractivity contribution is -0.132. The maximum atomic E-state index is 12.4. The Morgan fingerprint density at radius 1 is 1.50 bits per heavy atom. The SMILES string of the molecule is COc1cccc2c1O[C@H]1[C@H](O)CCC[C@@]21CC(=O)N(C)C. The normalized spacial score (nSPS) is 29.3. The number of methoxy groups -OCH3 is 1. The number of fused-ring (bicyclic) bond motifs is 3. The van der Waals surface area contributed by atoms with Crippen molar-refractivity contribution in [3.05, 3.63) is 23.8 Å². The number of aliphatic hydroxyl groups excluding tert-OH is 1. The van der Waals surface area contributed by atoms with Crippen molar-refractivity contribution in [2.45, 2.75) is 43.3 Å². The van der Waals surface area contributed by atoms with E-state index in [9.17, 15) is 9.90 Å². The number of carbonyl (C=O) groups excluding carboxylic acids is 1. The highest BCUT2D eigenvalue weighted by molar-refractivity contribution is 5.78. The number of hydrogen-bond donors (Lipinski definition) is 1.